The summed E-state index contributed by atoms with van der Waals surface area (Å²) in [5.74, 6) is -0.552. The van der Waals surface area contributed by atoms with E-state index in [4.69, 9.17) is 16.9 Å². The fourth-order valence-corrected chi connectivity index (χ4v) is 1.54. The molecule has 0 spiro atoms. The van der Waals surface area contributed by atoms with E-state index in [9.17, 15) is 4.39 Å². The molecule has 0 aromatic heterocycles. The molecular formula is C7H2ClFIN. The Labute approximate surface area is 81.9 Å². The quantitative estimate of drug-likeness (QED) is 0.530. The molecule has 0 heterocycles. The molecule has 1 nitrogen and oxygen atoms in total. The Bertz CT molecular complexity index is 332. The van der Waals surface area contributed by atoms with Crippen LogP contribution in [0.5, 0.6) is 0 Å². The Kier molecular flexibility index (Phi) is 2.68. The summed E-state index contributed by atoms with van der Waals surface area (Å²) in [6, 6.07) is 4.41. The Morgan fingerprint density at radius 2 is 2.18 bits per heavy atom. The van der Waals surface area contributed by atoms with Crippen LogP contribution < -0.4 is 0 Å². The molecule has 1 aromatic carbocycles. The molecule has 4 heteroatoms. The van der Waals surface area contributed by atoms with E-state index in [0.717, 1.165) is 6.07 Å². The van der Waals surface area contributed by atoms with Gasteiger partial charge in [0, 0.05) is 3.57 Å². The lowest BCUT2D eigenvalue weighted by Crippen LogP contribution is -1.85. The van der Waals surface area contributed by atoms with Crippen molar-refractivity contribution in [3.8, 4) is 6.07 Å². The van der Waals surface area contributed by atoms with Gasteiger partial charge in [0.15, 0.2) is 0 Å². The molecule has 0 atom stereocenters. The fraction of sp³-hybridized carbons (Fsp3) is 0. The first-order chi connectivity index (χ1) is 5.15. The third-order valence-corrected chi connectivity index (χ3v) is 2.31. The zero-order valence-electron chi connectivity index (χ0n) is 5.24. The molecule has 0 radical (unpaired) electrons. The second-order valence-electron chi connectivity index (χ2n) is 1.86. The summed E-state index contributed by atoms with van der Waals surface area (Å²) in [7, 11) is 0. The highest BCUT2D eigenvalue weighted by molar-refractivity contribution is 14.1. The predicted molar refractivity (Wildman–Crippen MR) is 48.8 cm³/mol. The minimum Gasteiger partial charge on any atom is -0.205 e. The largest absolute Gasteiger partial charge is 0.205 e. The zero-order chi connectivity index (χ0) is 8.43. The first-order valence-electron chi connectivity index (χ1n) is 2.70. The number of halogens is 3. The van der Waals surface area contributed by atoms with E-state index >= 15 is 0 Å². The van der Waals surface area contributed by atoms with Gasteiger partial charge < -0.3 is 0 Å². The number of benzene rings is 1. The lowest BCUT2D eigenvalue weighted by atomic mass is 10.2. The topological polar surface area (TPSA) is 23.8 Å². The fourth-order valence-electron chi connectivity index (χ4n) is 0.608. The van der Waals surface area contributed by atoms with Crippen molar-refractivity contribution < 1.29 is 4.39 Å². The Morgan fingerprint density at radius 3 is 2.73 bits per heavy atom. The number of hydrogen-bond donors (Lipinski definition) is 0. The zero-order valence-corrected chi connectivity index (χ0v) is 8.15. The molecule has 0 saturated carbocycles. The average molecular weight is 281 g/mol. The first-order valence-corrected chi connectivity index (χ1v) is 4.15. The van der Waals surface area contributed by atoms with Crippen LogP contribution in [0.25, 0.3) is 0 Å². The molecule has 0 saturated heterocycles. The maximum absolute atomic E-state index is 12.7. The van der Waals surface area contributed by atoms with Crippen molar-refractivity contribution in [2.45, 2.75) is 0 Å². The van der Waals surface area contributed by atoms with Gasteiger partial charge in [-0.15, -0.1) is 0 Å². The molecule has 0 bridgehead atoms. The minimum atomic E-state index is -0.552. The smallest absolute Gasteiger partial charge is 0.143 e. The standard InChI is InChI=1S/C7H2ClFIN/c8-5-2-7(10)4(3-11)1-6(5)9/h1-2H. The molecule has 0 aliphatic rings. The highest BCUT2D eigenvalue weighted by atomic mass is 127. The van der Waals surface area contributed by atoms with Gasteiger partial charge in [0.2, 0.25) is 0 Å². The average Bonchev–Trinajstić information content (AvgIpc) is 1.97. The molecule has 1 rings (SSSR count). The van der Waals surface area contributed by atoms with Crippen molar-refractivity contribution >= 4 is 34.2 Å². The minimum absolute atomic E-state index is 0.0494. The summed E-state index contributed by atoms with van der Waals surface area (Å²) in [5, 5.41) is 8.52. The van der Waals surface area contributed by atoms with Crippen LogP contribution in [-0.4, -0.2) is 0 Å². The summed E-state index contributed by atoms with van der Waals surface area (Å²) >= 11 is 7.38. The predicted octanol–water partition coefficient (Wildman–Crippen LogP) is 2.96. The number of nitrogens with zero attached hydrogens (tertiary/aromatic N) is 1. The lowest BCUT2D eigenvalue weighted by molar-refractivity contribution is 0.627. The maximum Gasteiger partial charge on any atom is 0.143 e. The molecule has 1 aromatic rings. The van der Waals surface area contributed by atoms with Gasteiger partial charge in [0.1, 0.15) is 11.9 Å². The van der Waals surface area contributed by atoms with Crippen LogP contribution in [0.3, 0.4) is 0 Å². The summed E-state index contributed by atoms with van der Waals surface area (Å²) < 4.78 is 13.3. The van der Waals surface area contributed by atoms with Gasteiger partial charge in [-0.05, 0) is 34.7 Å². The third kappa shape index (κ3) is 1.82. The highest BCUT2D eigenvalue weighted by Crippen LogP contribution is 2.20. The van der Waals surface area contributed by atoms with Crippen LogP contribution >= 0.6 is 34.2 Å². The first kappa shape index (κ1) is 8.75. The van der Waals surface area contributed by atoms with Crippen LogP contribution in [0.2, 0.25) is 5.02 Å². The van der Waals surface area contributed by atoms with Crippen molar-refractivity contribution in [2.75, 3.05) is 0 Å². The van der Waals surface area contributed by atoms with E-state index < -0.39 is 5.82 Å². The normalized spacial score (nSPS) is 9.27. The van der Waals surface area contributed by atoms with E-state index in [2.05, 4.69) is 0 Å². The van der Waals surface area contributed by atoms with Crippen molar-refractivity contribution in [1.82, 2.24) is 0 Å². The van der Waals surface area contributed by atoms with Crippen LogP contribution in [0.1, 0.15) is 5.56 Å². The molecule has 0 amide bonds. The summed E-state index contributed by atoms with van der Waals surface area (Å²) in [6.45, 7) is 0. The molecular weight excluding hydrogens is 279 g/mol. The van der Waals surface area contributed by atoms with E-state index in [1.807, 2.05) is 28.7 Å². The molecule has 0 fully saturated rings. The van der Waals surface area contributed by atoms with Gasteiger partial charge in [-0.3, -0.25) is 0 Å². The van der Waals surface area contributed by atoms with E-state index in [1.54, 1.807) is 0 Å². The Hall–Kier alpha value is -0.340. The monoisotopic (exact) mass is 281 g/mol. The number of nitriles is 1. The van der Waals surface area contributed by atoms with E-state index in [1.165, 1.54) is 6.07 Å². The number of rotatable bonds is 0. The van der Waals surface area contributed by atoms with Gasteiger partial charge in [0.05, 0.1) is 10.6 Å². The van der Waals surface area contributed by atoms with Crippen LogP contribution in [0.4, 0.5) is 4.39 Å². The SMILES string of the molecule is N#Cc1cc(F)c(Cl)cc1I. The second-order valence-corrected chi connectivity index (χ2v) is 3.43. The molecule has 0 N–H and O–H groups in total. The Balaban J connectivity index is 3.35. The van der Waals surface area contributed by atoms with E-state index in [0.29, 0.717) is 9.13 Å². The van der Waals surface area contributed by atoms with Crippen molar-refractivity contribution in [3.05, 3.63) is 32.1 Å². The van der Waals surface area contributed by atoms with Crippen LogP contribution in [-0.2, 0) is 0 Å². The summed E-state index contributed by atoms with van der Waals surface area (Å²) in [6.07, 6.45) is 0. The van der Waals surface area contributed by atoms with Gasteiger partial charge in [-0.25, -0.2) is 4.39 Å². The molecule has 0 aliphatic carbocycles. The Morgan fingerprint density at radius 1 is 1.55 bits per heavy atom. The van der Waals surface area contributed by atoms with Gasteiger partial charge in [-0.2, -0.15) is 5.26 Å². The highest BCUT2D eigenvalue weighted by Gasteiger charge is 2.04. The third-order valence-electron chi connectivity index (χ3n) is 1.13. The van der Waals surface area contributed by atoms with Crippen molar-refractivity contribution in [2.24, 2.45) is 0 Å². The van der Waals surface area contributed by atoms with Crippen molar-refractivity contribution in [1.29, 1.82) is 5.26 Å². The molecule has 56 valence electrons. The van der Waals surface area contributed by atoms with Gasteiger partial charge in [-0.1, -0.05) is 11.6 Å². The molecule has 0 aliphatic heterocycles. The van der Waals surface area contributed by atoms with Gasteiger partial charge >= 0.3 is 0 Å². The lowest BCUT2D eigenvalue weighted by Gasteiger charge is -1.96. The second kappa shape index (κ2) is 3.37. The summed E-state index contributed by atoms with van der Waals surface area (Å²) in [4.78, 5) is 0. The number of hydrogen-bond acceptors (Lipinski definition) is 1. The van der Waals surface area contributed by atoms with Crippen molar-refractivity contribution in [3.63, 3.8) is 0 Å². The molecule has 11 heavy (non-hydrogen) atoms. The van der Waals surface area contributed by atoms with E-state index in [-0.39, 0.29) is 5.02 Å². The van der Waals surface area contributed by atoms with Crippen LogP contribution in [0, 0.1) is 20.7 Å². The maximum atomic E-state index is 12.7. The molecule has 0 unspecified atom stereocenters. The van der Waals surface area contributed by atoms with Gasteiger partial charge in [0.25, 0.3) is 0 Å². The summed E-state index contributed by atoms with van der Waals surface area (Å²) in [5.41, 5.74) is 0.313. The van der Waals surface area contributed by atoms with Crippen LogP contribution in [0.15, 0.2) is 12.1 Å².